The molecule has 0 aromatic carbocycles. The molecule has 1 aliphatic heterocycles. The molecule has 0 spiro atoms. The van der Waals surface area contributed by atoms with Crippen molar-refractivity contribution in [3.63, 3.8) is 0 Å². The van der Waals surface area contributed by atoms with E-state index in [0.717, 1.165) is 30.8 Å². The summed E-state index contributed by atoms with van der Waals surface area (Å²) in [4.78, 5) is 16.1. The van der Waals surface area contributed by atoms with Gasteiger partial charge in [-0.3, -0.25) is 4.79 Å². The first-order valence-electron chi connectivity index (χ1n) is 8.39. The van der Waals surface area contributed by atoms with Gasteiger partial charge in [-0.05, 0) is 31.0 Å². The second kappa shape index (κ2) is 6.39. The van der Waals surface area contributed by atoms with Gasteiger partial charge < -0.3 is 10.1 Å². The van der Waals surface area contributed by atoms with Crippen LogP contribution in [0, 0.1) is 0 Å². The van der Waals surface area contributed by atoms with Gasteiger partial charge in [0.25, 0.3) is 5.56 Å². The number of halogens is 3. The predicted octanol–water partition coefficient (Wildman–Crippen LogP) is 2.59. The molecule has 1 saturated carbocycles. The van der Waals surface area contributed by atoms with Crippen LogP contribution < -0.4 is 10.9 Å². The van der Waals surface area contributed by atoms with Gasteiger partial charge in [-0.15, -0.1) is 0 Å². The standard InChI is InChI=1S/C17H17F3N4O2/c18-17(19,20)11-3-5-15(21-7-11)22-13-8-26-9-14(13)24-16(25)6-4-12(23-24)10-1-2-10/h3-7,10,13-14H,1-2,8-9H2,(H,21,22). The molecule has 26 heavy (non-hydrogen) atoms. The molecule has 138 valence electrons. The zero-order chi connectivity index (χ0) is 18.3. The molecule has 9 heteroatoms. The van der Waals surface area contributed by atoms with Crippen LogP contribution in [-0.4, -0.2) is 34.0 Å². The zero-order valence-corrected chi connectivity index (χ0v) is 13.7. The van der Waals surface area contributed by atoms with Crippen LogP contribution in [-0.2, 0) is 10.9 Å². The van der Waals surface area contributed by atoms with Gasteiger partial charge >= 0.3 is 6.18 Å². The number of anilines is 1. The van der Waals surface area contributed by atoms with Crippen molar-refractivity contribution in [3.8, 4) is 0 Å². The first kappa shape index (κ1) is 17.0. The minimum absolute atomic E-state index is 0.225. The molecule has 2 aromatic heterocycles. The maximum atomic E-state index is 12.6. The first-order valence-corrected chi connectivity index (χ1v) is 8.39. The number of pyridine rings is 1. The summed E-state index contributed by atoms with van der Waals surface area (Å²) < 4.78 is 44.8. The van der Waals surface area contributed by atoms with E-state index >= 15 is 0 Å². The Bertz CT molecular complexity index is 846. The predicted molar refractivity (Wildman–Crippen MR) is 87.0 cm³/mol. The molecule has 6 nitrogen and oxygen atoms in total. The minimum atomic E-state index is -4.43. The number of hydrogen-bond donors (Lipinski definition) is 1. The van der Waals surface area contributed by atoms with Crippen molar-refractivity contribution in [2.75, 3.05) is 18.5 Å². The van der Waals surface area contributed by atoms with Crippen LogP contribution in [0.25, 0.3) is 0 Å². The summed E-state index contributed by atoms with van der Waals surface area (Å²) in [6.45, 7) is 0.620. The monoisotopic (exact) mass is 366 g/mol. The van der Waals surface area contributed by atoms with E-state index in [1.54, 1.807) is 6.07 Å². The summed E-state index contributed by atoms with van der Waals surface area (Å²) in [6.07, 6.45) is -1.50. The average Bonchev–Trinajstić information content (AvgIpc) is 3.35. The normalized spacial score (nSPS) is 23.2. The van der Waals surface area contributed by atoms with Crippen molar-refractivity contribution in [2.24, 2.45) is 0 Å². The fraction of sp³-hybridized carbons (Fsp3) is 0.471. The van der Waals surface area contributed by atoms with Gasteiger partial charge in [0.1, 0.15) is 11.9 Å². The second-order valence-electron chi connectivity index (χ2n) is 6.60. The van der Waals surface area contributed by atoms with Crippen LogP contribution in [0.2, 0.25) is 0 Å². The number of alkyl halides is 3. The fourth-order valence-corrected chi connectivity index (χ4v) is 3.03. The SMILES string of the molecule is O=c1ccc(C2CC2)nn1C1COCC1Nc1ccc(C(F)(F)F)cn1. The van der Waals surface area contributed by atoms with Crippen molar-refractivity contribution in [1.29, 1.82) is 0 Å². The molecule has 0 amide bonds. The highest BCUT2D eigenvalue weighted by Crippen LogP contribution is 2.38. The summed E-state index contributed by atoms with van der Waals surface area (Å²) in [5.74, 6) is 0.706. The summed E-state index contributed by atoms with van der Waals surface area (Å²) in [6, 6.07) is 4.86. The van der Waals surface area contributed by atoms with Crippen LogP contribution in [0.4, 0.5) is 19.0 Å². The maximum absolute atomic E-state index is 12.6. The summed E-state index contributed by atoms with van der Waals surface area (Å²) in [5, 5.41) is 7.53. The quantitative estimate of drug-likeness (QED) is 0.901. The van der Waals surface area contributed by atoms with Crippen molar-refractivity contribution in [1.82, 2.24) is 14.8 Å². The molecule has 1 saturated heterocycles. The molecular weight excluding hydrogens is 349 g/mol. The molecular formula is C17H17F3N4O2. The molecule has 1 N–H and O–H groups in total. The zero-order valence-electron chi connectivity index (χ0n) is 13.7. The lowest BCUT2D eigenvalue weighted by Crippen LogP contribution is -2.37. The Kier molecular flexibility index (Phi) is 4.18. The third-order valence-electron chi connectivity index (χ3n) is 4.63. The van der Waals surface area contributed by atoms with E-state index in [9.17, 15) is 18.0 Å². The molecule has 2 unspecified atom stereocenters. The lowest BCUT2D eigenvalue weighted by atomic mass is 10.1. The van der Waals surface area contributed by atoms with Crippen LogP contribution in [0.15, 0.2) is 35.3 Å². The van der Waals surface area contributed by atoms with Gasteiger partial charge in [-0.25, -0.2) is 9.67 Å². The Morgan fingerprint density at radius 2 is 1.96 bits per heavy atom. The van der Waals surface area contributed by atoms with Gasteiger partial charge in [-0.1, -0.05) is 0 Å². The van der Waals surface area contributed by atoms with Gasteiger partial charge in [0.15, 0.2) is 0 Å². The smallest absolute Gasteiger partial charge is 0.377 e. The highest BCUT2D eigenvalue weighted by Gasteiger charge is 2.34. The number of aromatic nitrogens is 3. The summed E-state index contributed by atoms with van der Waals surface area (Å²) in [7, 11) is 0. The Morgan fingerprint density at radius 3 is 2.62 bits per heavy atom. The first-order chi connectivity index (χ1) is 12.4. The summed E-state index contributed by atoms with van der Waals surface area (Å²) >= 11 is 0. The average molecular weight is 366 g/mol. The molecule has 2 fully saturated rings. The largest absolute Gasteiger partial charge is 0.417 e. The lowest BCUT2D eigenvalue weighted by molar-refractivity contribution is -0.137. The highest BCUT2D eigenvalue weighted by atomic mass is 19.4. The van der Waals surface area contributed by atoms with Crippen LogP contribution in [0.3, 0.4) is 0 Å². The third-order valence-corrected chi connectivity index (χ3v) is 4.63. The molecule has 2 aliphatic rings. The molecule has 2 aromatic rings. The van der Waals surface area contributed by atoms with Crippen LogP contribution >= 0.6 is 0 Å². The van der Waals surface area contributed by atoms with Gasteiger partial charge in [0.2, 0.25) is 0 Å². The topological polar surface area (TPSA) is 69.0 Å². The maximum Gasteiger partial charge on any atom is 0.417 e. The summed E-state index contributed by atoms with van der Waals surface area (Å²) in [5.41, 5.74) is -0.141. The van der Waals surface area contributed by atoms with E-state index in [4.69, 9.17) is 4.74 Å². The Morgan fingerprint density at radius 1 is 1.15 bits per heavy atom. The van der Waals surface area contributed by atoms with E-state index in [-0.39, 0.29) is 17.6 Å². The number of nitrogens with zero attached hydrogens (tertiary/aromatic N) is 3. The van der Waals surface area contributed by atoms with E-state index < -0.39 is 11.7 Å². The van der Waals surface area contributed by atoms with Gasteiger partial charge in [-0.2, -0.15) is 18.3 Å². The number of ether oxygens (including phenoxy) is 1. The Hall–Kier alpha value is -2.42. The van der Waals surface area contributed by atoms with Gasteiger partial charge in [0, 0.05) is 18.2 Å². The molecule has 0 radical (unpaired) electrons. The van der Waals surface area contributed by atoms with Crippen molar-refractivity contribution in [2.45, 2.75) is 37.0 Å². The van der Waals surface area contributed by atoms with Crippen LogP contribution in [0.1, 0.15) is 36.1 Å². The Balaban J connectivity index is 1.54. The second-order valence-corrected chi connectivity index (χ2v) is 6.60. The molecule has 4 rings (SSSR count). The molecule has 2 atom stereocenters. The Labute approximate surface area is 147 Å². The van der Waals surface area contributed by atoms with E-state index in [0.29, 0.717) is 24.9 Å². The van der Waals surface area contributed by atoms with E-state index in [1.807, 2.05) is 0 Å². The van der Waals surface area contributed by atoms with Crippen molar-refractivity contribution in [3.05, 3.63) is 52.1 Å². The number of nitrogens with one attached hydrogen (secondary N) is 1. The van der Waals surface area contributed by atoms with Crippen LogP contribution in [0.5, 0.6) is 0 Å². The minimum Gasteiger partial charge on any atom is -0.377 e. The van der Waals surface area contributed by atoms with Gasteiger partial charge in [0.05, 0.1) is 30.5 Å². The lowest BCUT2D eigenvalue weighted by Gasteiger charge is -2.21. The van der Waals surface area contributed by atoms with Crippen molar-refractivity contribution < 1.29 is 17.9 Å². The number of hydrogen-bond acceptors (Lipinski definition) is 5. The third kappa shape index (κ3) is 3.44. The number of rotatable bonds is 4. The molecule has 3 heterocycles. The van der Waals surface area contributed by atoms with E-state index in [2.05, 4.69) is 15.4 Å². The molecule has 0 bridgehead atoms. The van der Waals surface area contributed by atoms with E-state index in [1.165, 1.54) is 16.8 Å². The highest BCUT2D eigenvalue weighted by molar-refractivity contribution is 5.38. The van der Waals surface area contributed by atoms with Crippen molar-refractivity contribution >= 4 is 5.82 Å². The fourth-order valence-electron chi connectivity index (χ4n) is 3.03. The molecule has 1 aliphatic carbocycles.